The van der Waals surface area contributed by atoms with E-state index in [1.54, 1.807) is 0 Å². The van der Waals surface area contributed by atoms with Crippen LogP contribution in [-0.2, 0) is 0 Å². The normalized spacial score (nSPS) is 12.6. The summed E-state index contributed by atoms with van der Waals surface area (Å²) in [5, 5.41) is 0. The molecule has 5 rings (SSSR count). The van der Waals surface area contributed by atoms with Crippen LogP contribution in [0.4, 0.5) is 0 Å². The zero-order valence-corrected chi connectivity index (χ0v) is 16.6. The molecule has 0 aliphatic heterocycles. The maximum Gasteiger partial charge on any atom is 0.227 e. The van der Waals surface area contributed by atoms with E-state index in [9.17, 15) is 0 Å². The number of benzene rings is 3. The average Bonchev–Trinajstić information content (AvgIpc) is 3.38. The topological polar surface area (TPSA) is 52.1 Å². The van der Waals surface area contributed by atoms with Crippen LogP contribution in [0.2, 0.25) is 0 Å². The van der Waals surface area contributed by atoms with Gasteiger partial charge in [0.2, 0.25) is 11.8 Å². The number of hydrogen-bond donors (Lipinski definition) is 0. The van der Waals surface area contributed by atoms with E-state index in [1.165, 1.54) is 5.56 Å². The minimum atomic E-state index is 0.424. The van der Waals surface area contributed by atoms with Gasteiger partial charge in [0.05, 0.1) is 0 Å². The van der Waals surface area contributed by atoms with E-state index in [4.69, 9.17) is 8.83 Å². The van der Waals surface area contributed by atoms with Crippen molar-refractivity contribution in [3.8, 4) is 22.9 Å². The molecule has 0 fully saturated rings. The average molecular weight is 382 g/mol. The van der Waals surface area contributed by atoms with Crippen LogP contribution in [0.25, 0.3) is 45.1 Å². The molecule has 3 aromatic carbocycles. The largest absolute Gasteiger partial charge is 0.436 e. The highest BCUT2D eigenvalue weighted by Crippen LogP contribution is 2.34. The molecular formula is C25H22N2O2. The highest BCUT2D eigenvalue weighted by molar-refractivity contribution is 5.79. The van der Waals surface area contributed by atoms with Gasteiger partial charge in [-0.2, -0.15) is 0 Å². The predicted molar refractivity (Wildman–Crippen MR) is 116 cm³/mol. The molecule has 0 saturated carbocycles. The van der Waals surface area contributed by atoms with Crippen LogP contribution in [0, 0.1) is 0 Å². The van der Waals surface area contributed by atoms with Crippen molar-refractivity contribution < 1.29 is 8.83 Å². The summed E-state index contributed by atoms with van der Waals surface area (Å²) in [6, 6.07) is 22.1. The van der Waals surface area contributed by atoms with Crippen molar-refractivity contribution in [3.63, 3.8) is 0 Å². The van der Waals surface area contributed by atoms with Crippen LogP contribution in [-0.4, -0.2) is 9.97 Å². The molecule has 4 nitrogen and oxygen atoms in total. The van der Waals surface area contributed by atoms with Gasteiger partial charge in [-0.3, -0.25) is 0 Å². The molecule has 5 aromatic rings. The second-order valence-corrected chi connectivity index (χ2v) is 7.51. The molecule has 1 atom stereocenters. The van der Waals surface area contributed by atoms with Crippen molar-refractivity contribution in [2.75, 3.05) is 0 Å². The Morgan fingerprint density at radius 2 is 1.28 bits per heavy atom. The fourth-order valence-corrected chi connectivity index (χ4v) is 3.77. The molecular weight excluding hydrogens is 360 g/mol. The van der Waals surface area contributed by atoms with E-state index >= 15 is 0 Å². The van der Waals surface area contributed by atoms with Crippen LogP contribution in [0.5, 0.6) is 0 Å². The van der Waals surface area contributed by atoms with E-state index in [0.717, 1.165) is 46.2 Å². The number of hydrogen-bond acceptors (Lipinski definition) is 4. The molecule has 0 saturated heterocycles. The van der Waals surface area contributed by atoms with Gasteiger partial charge in [-0.15, -0.1) is 0 Å². The lowest BCUT2D eigenvalue weighted by atomic mass is 9.93. The molecule has 0 spiro atoms. The Morgan fingerprint density at radius 3 is 1.76 bits per heavy atom. The van der Waals surface area contributed by atoms with Crippen molar-refractivity contribution in [1.29, 1.82) is 0 Å². The van der Waals surface area contributed by atoms with Crippen molar-refractivity contribution in [3.05, 3.63) is 72.3 Å². The maximum absolute atomic E-state index is 6.04. The Bertz CT molecular complexity index is 1140. The lowest BCUT2D eigenvalue weighted by Gasteiger charge is -2.13. The molecule has 2 aromatic heterocycles. The standard InChI is InChI=1S/C25H22N2O2/c1-3-8-16(2)17-13-18(24-26-20-9-4-6-11-22(20)28-24)15-19(14-17)25-27-21-10-5-7-12-23(21)29-25/h4-7,9-16H,3,8H2,1-2H3. The molecule has 0 aliphatic rings. The summed E-state index contributed by atoms with van der Waals surface area (Å²) in [5.41, 5.74) is 6.42. The minimum Gasteiger partial charge on any atom is -0.436 e. The molecule has 0 aliphatic carbocycles. The number of aromatic nitrogens is 2. The van der Waals surface area contributed by atoms with Gasteiger partial charge in [-0.1, -0.05) is 44.5 Å². The molecule has 0 bridgehead atoms. The second kappa shape index (κ2) is 7.21. The van der Waals surface area contributed by atoms with Crippen LogP contribution >= 0.6 is 0 Å². The van der Waals surface area contributed by atoms with E-state index in [2.05, 4.69) is 42.0 Å². The molecule has 144 valence electrons. The quantitative estimate of drug-likeness (QED) is 0.322. The van der Waals surface area contributed by atoms with Crippen LogP contribution < -0.4 is 0 Å². The van der Waals surface area contributed by atoms with Crippen LogP contribution in [0.3, 0.4) is 0 Å². The summed E-state index contributed by atoms with van der Waals surface area (Å²) in [6.07, 6.45) is 2.25. The summed E-state index contributed by atoms with van der Waals surface area (Å²) >= 11 is 0. The number of para-hydroxylation sites is 4. The van der Waals surface area contributed by atoms with E-state index < -0.39 is 0 Å². The second-order valence-electron chi connectivity index (χ2n) is 7.51. The zero-order chi connectivity index (χ0) is 19.8. The first-order valence-electron chi connectivity index (χ1n) is 10.1. The third-order valence-corrected chi connectivity index (χ3v) is 5.33. The lowest BCUT2D eigenvalue weighted by molar-refractivity contribution is 0.615. The van der Waals surface area contributed by atoms with Crippen molar-refractivity contribution >= 4 is 22.2 Å². The van der Waals surface area contributed by atoms with Gasteiger partial charge in [0, 0.05) is 11.1 Å². The molecule has 2 heterocycles. The third kappa shape index (κ3) is 3.31. The van der Waals surface area contributed by atoms with Gasteiger partial charge in [-0.05, 0) is 60.4 Å². The highest BCUT2D eigenvalue weighted by Gasteiger charge is 2.16. The van der Waals surface area contributed by atoms with Gasteiger partial charge in [0.15, 0.2) is 11.2 Å². The Hall–Kier alpha value is -3.40. The van der Waals surface area contributed by atoms with Crippen molar-refractivity contribution in [2.24, 2.45) is 0 Å². The Kier molecular flexibility index (Phi) is 4.39. The summed E-state index contributed by atoms with van der Waals surface area (Å²) in [5.74, 6) is 1.66. The first kappa shape index (κ1) is 17.7. The van der Waals surface area contributed by atoms with Gasteiger partial charge in [0.1, 0.15) is 11.0 Å². The van der Waals surface area contributed by atoms with Gasteiger partial charge in [0.25, 0.3) is 0 Å². The fraction of sp³-hybridized carbons (Fsp3) is 0.200. The van der Waals surface area contributed by atoms with Gasteiger partial charge < -0.3 is 8.83 Å². The summed E-state index contributed by atoms with van der Waals surface area (Å²) < 4.78 is 12.1. The third-order valence-electron chi connectivity index (χ3n) is 5.33. The number of fused-ring (bicyclic) bond motifs is 2. The van der Waals surface area contributed by atoms with Crippen molar-refractivity contribution in [2.45, 2.75) is 32.6 Å². The van der Waals surface area contributed by atoms with Crippen LogP contribution in [0.1, 0.15) is 38.2 Å². The number of rotatable bonds is 5. The monoisotopic (exact) mass is 382 g/mol. The van der Waals surface area contributed by atoms with Gasteiger partial charge in [-0.25, -0.2) is 9.97 Å². The summed E-state index contributed by atoms with van der Waals surface area (Å²) in [6.45, 7) is 4.47. The highest BCUT2D eigenvalue weighted by atomic mass is 16.4. The van der Waals surface area contributed by atoms with E-state index in [0.29, 0.717) is 17.7 Å². The number of nitrogens with zero attached hydrogens (tertiary/aromatic N) is 2. The van der Waals surface area contributed by atoms with Gasteiger partial charge >= 0.3 is 0 Å². The molecule has 1 unspecified atom stereocenters. The van der Waals surface area contributed by atoms with Crippen LogP contribution in [0.15, 0.2) is 75.6 Å². The SMILES string of the molecule is CCCC(C)c1cc(-c2nc3ccccc3o2)cc(-c2nc3ccccc3o2)c1. The minimum absolute atomic E-state index is 0.424. The zero-order valence-electron chi connectivity index (χ0n) is 16.6. The Balaban J connectivity index is 1.67. The lowest BCUT2D eigenvalue weighted by Crippen LogP contribution is -1.95. The Labute approximate surface area is 169 Å². The smallest absolute Gasteiger partial charge is 0.227 e. The van der Waals surface area contributed by atoms with E-state index in [1.807, 2.05) is 48.5 Å². The predicted octanol–water partition coefficient (Wildman–Crippen LogP) is 7.21. The van der Waals surface area contributed by atoms with Crippen molar-refractivity contribution in [1.82, 2.24) is 9.97 Å². The molecule has 0 amide bonds. The fourth-order valence-electron chi connectivity index (χ4n) is 3.77. The molecule has 29 heavy (non-hydrogen) atoms. The number of oxazole rings is 2. The van der Waals surface area contributed by atoms with E-state index in [-0.39, 0.29) is 0 Å². The summed E-state index contributed by atoms with van der Waals surface area (Å²) in [7, 11) is 0. The Morgan fingerprint density at radius 1 is 0.759 bits per heavy atom. The first-order chi connectivity index (χ1) is 14.2. The first-order valence-corrected chi connectivity index (χ1v) is 10.1. The maximum atomic E-state index is 6.04. The molecule has 0 radical (unpaired) electrons. The molecule has 4 heteroatoms. The summed E-state index contributed by atoms with van der Waals surface area (Å²) in [4.78, 5) is 9.38. The molecule has 0 N–H and O–H groups in total.